The molecule has 137 heavy (non-hydrogen) atoms. The first kappa shape index (κ1) is 122. The smallest absolute Gasteiger partial charge is 0.225 e. The number of aliphatic hydroxyl groups is 3. The SMILES string of the molecule is C.C.C.C.C1=CCNCC1.C1COCCN1.CCCOc1cccc([C@@H]2c3cc(O)ccc3C[C@H]3c4ccc(O)cc4C[C@@H]23)c1.CCNCC.CCNCCO.COCCNCCOC.C[C@@H]1CNC[C@H](C)O1.OCCCNCc1ccccc1.OCCNCc1ccccc1.Oc1ccc2c(c1)C[C@H]1[C@H](c3cccc(OCCBr)c3)c3cc(O)ccc3C[C@@H]21.c1cnc(N2CCNCC2)nc1. The first-order valence-corrected chi connectivity index (χ1v) is 49.2. The lowest BCUT2D eigenvalue weighted by molar-refractivity contribution is -0.0166. The summed E-state index contributed by atoms with van der Waals surface area (Å²) in [6.45, 7) is 37.1. The summed E-state index contributed by atoms with van der Waals surface area (Å²) in [6.07, 6.45) is 15.6. The summed E-state index contributed by atoms with van der Waals surface area (Å²) in [4.78, 5) is 10.6. The van der Waals surface area contributed by atoms with Crippen molar-refractivity contribution in [2.75, 3.05) is 202 Å². The maximum atomic E-state index is 10.2. The van der Waals surface area contributed by atoms with Crippen LogP contribution >= 0.6 is 15.9 Å². The number of nitrogens with one attached hydrogen (secondary N) is 9. The molecule has 26 heteroatoms. The molecule has 25 nitrogen and oxygen atoms in total. The molecule has 3 fully saturated rings. The topological polar surface area (TPSA) is 334 Å². The number of aromatic hydroxyl groups is 4. The molecule has 0 amide bonds. The molecule has 0 bridgehead atoms. The van der Waals surface area contributed by atoms with E-state index in [1.165, 1.54) is 73.2 Å². The minimum atomic E-state index is 0. The van der Waals surface area contributed by atoms with Crippen LogP contribution in [0.4, 0.5) is 5.95 Å². The summed E-state index contributed by atoms with van der Waals surface area (Å²) < 4.78 is 31.8. The number of aliphatic hydroxyl groups excluding tert-OH is 3. The Morgan fingerprint density at radius 3 is 1.30 bits per heavy atom. The van der Waals surface area contributed by atoms with E-state index in [4.69, 9.17) is 43.7 Å². The van der Waals surface area contributed by atoms with E-state index in [-0.39, 0.29) is 61.4 Å². The number of rotatable bonds is 29. The Kier molecular flexibility index (Phi) is 66.9. The number of fused-ring (bicyclic) bond motifs is 8. The van der Waals surface area contributed by atoms with E-state index in [0.717, 1.165) is 212 Å². The number of methoxy groups -OCH3 is 2. The zero-order valence-corrected chi connectivity index (χ0v) is 81.9. The van der Waals surface area contributed by atoms with Gasteiger partial charge < -0.3 is 117 Å². The largest absolute Gasteiger partial charge is 0.508 e. The highest BCUT2D eigenvalue weighted by Gasteiger charge is 2.45. The lowest BCUT2D eigenvalue weighted by Crippen LogP contribution is -2.44. The molecular formula is C111H173BrN12O13. The third-order valence-corrected chi connectivity index (χ3v) is 23.4. The normalized spacial score (nSPS) is 18.2. The number of nitrogens with zero attached hydrogens (tertiary/aromatic N) is 3. The number of piperazine rings is 1. The number of halogens is 1. The van der Waals surface area contributed by atoms with Gasteiger partial charge >= 0.3 is 0 Å². The Morgan fingerprint density at radius 1 is 0.438 bits per heavy atom. The molecular weight excluding hydrogens is 1790 g/mol. The standard InChI is InChI=1S/C26H26O3.C25H23BrO3.C10H15NO.C9H13NO.C8H12N4.C6H15NO2.C6H13NO.C5H9N.C4H9NO.C4H11NO.C4H11N.4CH4/c1-2-10-29-21-5-3-4-17(12-21)26-23-15-20(28)7-6-16(23)13-24-22-9-8-19(27)11-18(22)14-25(24)26;26-8-9-29-20-3-1-2-16(11-20)25-22-14-19(28)5-4-15(22)12-23-21-7-6-18(27)10-17(21)13-24(23)25;12-8-4-7-11-9-10-5-2-1-3-6-10;11-7-6-10-8-9-4-2-1-3-5-9;1-2-10-8(11-3-1)12-6-4-9-5-7-12;1-8-5-3-7-4-6-9-2;1-5-3-7-4-6(2)8-5;1-2-4-6-5-3-1;1-3-6-4-2-5-1;1-2-5-3-4-6;1-3-5-4-2;;;;/h3-9,11-12,15,24-28H,2,10,13-14H2,1H3;1-7,10-11,14,23-25,27-28H,8-9,12-13H2;1-3,5-6,11-12H,4,7-9H2;1-5,10-11H,6-8H2;1-3,9H,4-7H2;7H,3-6H2,1-2H3;5-7H,3-4H2,1-2H3;1-2,6H,3-5H2;5H,1-4H2;5-6H,2-4H2,1H3;5H,3-4H2,1-2H3;4*1H4/t24-,25+,26+;23-,24+,25+;;;;;5-,6+;;;;;;;;/m00............./s1. The monoisotopic (exact) mass is 1960 g/mol. The Labute approximate surface area is 831 Å². The number of likely N-dealkylation sites (N-methyl/N-ethyl adjacent to an activating group) is 1. The molecule has 0 unspecified atom stereocenters. The van der Waals surface area contributed by atoms with Gasteiger partial charge in [0.15, 0.2) is 0 Å². The van der Waals surface area contributed by atoms with Crippen molar-refractivity contribution >= 4 is 21.9 Å². The second-order valence-corrected chi connectivity index (χ2v) is 34.1. The molecule has 16 N–H and O–H groups in total. The molecule has 4 aliphatic heterocycles. The van der Waals surface area contributed by atoms with E-state index in [2.05, 4.69) is 210 Å². The van der Waals surface area contributed by atoms with Crippen molar-refractivity contribution in [3.05, 3.63) is 279 Å². The lowest BCUT2D eigenvalue weighted by Gasteiger charge is -2.37. The fraction of sp³-hybridized carbons (Fsp3) is 0.514. The minimum absolute atomic E-state index is 0. The van der Waals surface area contributed by atoms with Crippen molar-refractivity contribution < 1.29 is 64.2 Å². The van der Waals surface area contributed by atoms with Crippen LogP contribution in [-0.2, 0) is 57.7 Å². The number of aromatic nitrogens is 2. The number of hydrogen-bond acceptors (Lipinski definition) is 25. The van der Waals surface area contributed by atoms with Gasteiger partial charge in [-0.1, -0.05) is 195 Å². The molecule has 4 aliphatic carbocycles. The lowest BCUT2D eigenvalue weighted by atomic mass is 9.67. The van der Waals surface area contributed by atoms with E-state index in [1.807, 2.05) is 91.9 Å². The molecule has 8 aliphatic rings. The van der Waals surface area contributed by atoms with Gasteiger partial charge in [-0.15, -0.1) is 0 Å². The summed E-state index contributed by atoms with van der Waals surface area (Å²) in [7, 11) is 3.38. The van der Waals surface area contributed by atoms with Crippen LogP contribution in [0.1, 0.15) is 181 Å². The molecule has 9 aromatic rings. The number of ether oxygens (including phenoxy) is 6. The second-order valence-electron chi connectivity index (χ2n) is 33.3. The third-order valence-electron chi connectivity index (χ3n) is 23.1. The van der Waals surface area contributed by atoms with Gasteiger partial charge in [-0.2, -0.15) is 0 Å². The molecule has 5 heterocycles. The Bertz CT molecular complexity index is 4320. The van der Waals surface area contributed by atoms with E-state index >= 15 is 0 Å². The number of alkyl halides is 1. The number of phenols is 4. The van der Waals surface area contributed by atoms with Gasteiger partial charge in [0.05, 0.1) is 65.1 Å². The predicted octanol–water partition coefficient (Wildman–Crippen LogP) is 16.0. The fourth-order valence-electron chi connectivity index (χ4n) is 16.9. The van der Waals surface area contributed by atoms with Crippen LogP contribution in [0.3, 0.4) is 0 Å². The van der Waals surface area contributed by atoms with E-state index < -0.39 is 0 Å². The molecule has 3 saturated heterocycles. The van der Waals surface area contributed by atoms with Crippen molar-refractivity contribution in [2.24, 2.45) is 11.8 Å². The maximum absolute atomic E-state index is 10.2. The quantitative estimate of drug-likeness (QED) is 0.0118. The molecule has 8 atom stereocenters. The summed E-state index contributed by atoms with van der Waals surface area (Å²) >= 11 is 3.42. The first-order valence-electron chi connectivity index (χ1n) is 48.1. The van der Waals surface area contributed by atoms with Crippen LogP contribution in [0.15, 0.2) is 213 Å². The van der Waals surface area contributed by atoms with E-state index in [0.29, 0.717) is 78.6 Å². The van der Waals surface area contributed by atoms with Crippen LogP contribution in [-0.4, -0.2) is 255 Å². The zero-order valence-electron chi connectivity index (χ0n) is 80.3. The van der Waals surface area contributed by atoms with Crippen molar-refractivity contribution in [1.29, 1.82) is 0 Å². The first-order chi connectivity index (χ1) is 65.1. The summed E-state index contributed by atoms with van der Waals surface area (Å²) in [6, 6.07) is 62.3. The Balaban J connectivity index is 0.000000411. The van der Waals surface area contributed by atoms with Gasteiger partial charge in [-0.25, -0.2) is 9.97 Å². The number of benzene rings is 8. The summed E-state index contributed by atoms with van der Waals surface area (Å²) in [5, 5.41) is 94.8. The molecule has 8 aromatic carbocycles. The average molecular weight is 1960 g/mol. The predicted molar refractivity (Wildman–Crippen MR) is 570 cm³/mol. The van der Waals surface area contributed by atoms with Gasteiger partial charge in [0.2, 0.25) is 5.95 Å². The third kappa shape index (κ3) is 46.3. The van der Waals surface area contributed by atoms with Crippen LogP contribution in [0.2, 0.25) is 0 Å². The van der Waals surface area contributed by atoms with Gasteiger partial charge in [-0.05, 0) is 261 Å². The van der Waals surface area contributed by atoms with E-state index in [9.17, 15) is 20.4 Å². The highest BCUT2D eigenvalue weighted by Crippen LogP contribution is 2.56. The molecule has 0 spiro atoms. The van der Waals surface area contributed by atoms with Crippen molar-refractivity contribution in [2.45, 2.75) is 165 Å². The average Bonchev–Trinajstić information content (AvgIpc) is 1.61. The van der Waals surface area contributed by atoms with Crippen molar-refractivity contribution in [1.82, 2.24) is 57.8 Å². The number of hydrogen-bond donors (Lipinski definition) is 16. The molecule has 0 radical (unpaired) electrons. The number of morpholine rings is 2. The minimum Gasteiger partial charge on any atom is -0.508 e. The Hall–Kier alpha value is -8.98. The molecule has 762 valence electrons. The summed E-state index contributed by atoms with van der Waals surface area (Å²) in [5.41, 5.74) is 15.2. The molecule has 1 aromatic heterocycles. The van der Waals surface area contributed by atoms with Crippen LogP contribution in [0.25, 0.3) is 0 Å². The van der Waals surface area contributed by atoms with Gasteiger partial charge in [0, 0.05) is 149 Å². The van der Waals surface area contributed by atoms with Gasteiger partial charge in [-0.3, -0.25) is 0 Å². The van der Waals surface area contributed by atoms with Crippen molar-refractivity contribution in [3.63, 3.8) is 0 Å². The van der Waals surface area contributed by atoms with Gasteiger partial charge in [0.25, 0.3) is 0 Å². The second kappa shape index (κ2) is 75.0. The van der Waals surface area contributed by atoms with Gasteiger partial charge in [0.1, 0.15) is 34.5 Å². The number of phenolic OH excluding ortho intramolecular Hbond substituents is 4. The fourth-order valence-corrected chi connectivity index (χ4v) is 17.1. The highest BCUT2D eigenvalue weighted by molar-refractivity contribution is 9.09. The summed E-state index contributed by atoms with van der Waals surface area (Å²) in [5.74, 6) is 5.93. The van der Waals surface area contributed by atoms with E-state index in [1.54, 1.807) is 44.8 Å². The van der Waals surface area contributed by atoms with Crippen LogP contribution in [0.5, 0.6) is 34.5 Å². The molecule has 0 saturated carbocycles. The number of anilines is 1. The Morgan fingerprint density at radius 2 is 0.912 bits per heavy atom. The maximum Gasteiger partial charge on any atom is 0.225 e. The zero-order chi connectivity index (χ0) is 95.1. The molecule has 17 rings (SSSR count). The van der Waals surface area contributed by atoms with Crippen LogP contribution < -0.4 is 62.2 Å². The highest BCUT2D eigenvalue weighted by atomic mass is 79.9. The van der Waals surface area contributed by atoms with Crippen LogP contribution in [0, 0.1) is 11.8 Å². The van der Waals surface area contributed by atoms with Crippen molar-refractivity contribution in [3.8, 4) is 34.5 Å².